The smallest absolute Gasteiger partial charge is 0.378 e. The molecule has 0 saturated carbocycles. The van der Waals surface area contributed by atoms with Crippen molar-refractivity contribution in [3.63, 3.8) is 0 Å². The average molecular weight is 309 g/mol. The van der Waals surface area contributed by atoms with E-state index in [-0.39, 0.29) is 19.8 Å². The van der Waals surface area contributed by atoms with Gasteiger partial charge in [0.05, 0.1) is 18.8 Å². The molecule has 0 spiro atoms. The van der Waals surface area contributed by atoms with Crippen LogP contribution in [-0.4, -0.2) is 26.9 Å². The Kier molecular flexibility index (Phi) is 4.08. The summed E-state index contributed by atoms with van der Waals surface area (Å²) in [5.41, 5.74) is 0.170. The van der Waals surface area contributed by atoms with Crippen molar-refractivity contribution in [2.45, 2.75) is 24.9 Å². The largest absolute Gasteiger partial charge is 0.416 e. The maximum atomic E-state index is 12.5. The van der Waals surface area contributed by atoms with Gasteiger partial charge in [-0.15, -0.1) is 0 Å². The standard InChI is InChI=1S/C12H14F3NO3S/c1-8-4-10(12(13,14)15)3-2-9(8)5-16-20(17,18)11-6-19-7-11/h2-4,11,16H,5-7H2,1H3. The first kappa shape index (κ1) is 15.3. The molecule has 0 bridgehead atoms. The second-order valence-electron chi connectivity index (χ2n) is 4.66. The van der Waals surface area contributed by atoms with E-state index >= 15 is 0 Å². The summed E-state index contributed by atoms with van der Waals surface area (Å²) in [6.45, 7) is 1.80. The van der Waals surface area contributed by atoms with E-state index < -0.39 is 27.0 Å². The highest BCUT2D eigenvalue weighted by molar-refractivity contribution is 7.90. The van der Waals surface area contributed by atoms with Gasteiger partial charge in [0.15, 0.2) is 0 Å². The van der Waals surface area contributed by atoms with Gasteiger partial charge < -0.3 is 4.74 Å². The van der Waals surface area contributed by atoms with Crippen LogP contribution in [0.3, 0.4) is 0 Å². The van der Waals surface area contributed by atoms with Crippen molar-refractivity contribution >= 4 is 10.0 Å². The van der Waals surface area contributed by atoms with E-state index in [1.54, 1.807) is 0 Å². The van der Waals surface area contributed by atoms with Gasteiger partial charge in [-0.05, 0) is 30.2 Å². The van der Waals surface area contributed by atoms with Crippen molar-refractivity contribution in [2.75, 3.05) is 13.2 Å². The van der Waals surface area contributed by atoms with E-state index in [1.807, 2.05) is 0 Å². The van der Waals surface area contributed by atoms with Crippen molar-refractivity contribution in [3.8, 4) is 0 Å². The maximum absolute atomic E-state index is 12.5. The first-order chi connectivity index (χ1) is 9.20. The summed E-state index contributed by atoms with van der Waals surface area (Å²) in [7, 11) is -3.47. The van der Waals surface area contributed by atoms with E-state index in [4.69, 9.17) is 4.74 Å². The Labute approximate surface area is 115 Å². The Balaban J connectivity index is 2.07. The van der Waals surface area contributed by atoms with Crippen molar-refractivity contribution in [1.29, 1.82) is 0 Å². The predicted octanol–water partition coefficient (Wildman–Crippen LogP) is 1.83. The van der Waals surface area contributed by atoms with E-state index in [1.165, 1.54) is 13.0 Å². The van der Waals surface area contributed by atoms with Gasteiger partial charge in [-0.1, -0.05) is 6.07 Å². The normalized spacial score (nSPS) is 17.0. The van der Waals surface area contributed by atoms with Crippen LogP contribution < -0.4 is 4.72 Å². The van der Waals surface area contributed by atoms with Crippen molar-refractivity contribution in [3.05, 3.63) is 34.9 Å². The number of nitrogens with one attached hydrogen (secondary N) is 1. The molecule has 1 N–H and O–H groups in total. The highest BCUT2D eigenvalue weighted by atomic mass is 32.2. The van der Waals surface area contributed by atoms with Crippen molar-refractivity contribution in [2.24, 2.45) is 0 Å². The number of benzene rings is 1. The SMILES string of the molecule is Cc1cc(C(F)(F)F)ccc1CNS(=O)(=O)C1COC1. The third-order valence-electron chi connectivity index (χ3n) is 3.18. The zero-order valence-corrected chi connectivity index (χ0v) is 11.5. The van der Waals surface area contributed by atoms with Gasteiger partial charge in [0.2, 0.25) is 10.0 Å². The molecule has 4 nitrogen and oxygen atoms in total. The number of sulfonamides is 1. The van der Waals surface area contributed by atoms with Crippen LogP contribution in [0.25, 0.3) is 0 Å². The molecule has 1 saturated heterocycles. The molecular formula is C12H14F3NO3S. The van der Waals surface area contributed by atoms with E-state index in [0.717, 1.165) is 12.1 Å². The minimum absolute atomic E-state index is 0.0250. The molecule has 1 fully saturated rings. The van der Waals surface area contributed by atoms with Gasteiger partial charge in [0, 0.05) is 6.54 Å². The lowest BCUT2D eigenvalue weighted by Gasteiger charge is -2.26. The lowest BCUT2D eigenvalue weighted by atomic mass is 10.1. The molecule has 1 heterocycles. The maximum Gasteiger partial charge on any atom is 0.416 e. The zero-order valence-electron chi connectivity index (χ0n) is 10.7. The Bertz CT molecular complexity index is 594. The third kappa shape index (κ3) is 3.31. The van der Waals surface area contributed by atoms with Gasteiger partial charge in [-0.25, -0.2) is 13.1 Å². The molecule has 112 valence electrons. The summed E-state index contributed by atoms with van der Waals surface area (Å²) in [5.74, 6) is 0. The summed E-state index contributed by atoms with van der Waals surface area (Å²) in [4.78, 5) is 0. The Morgan fingerprint density at radius 1 is 1.35 bits per heavy atom. The quantitative estimate of drug-likeness (QED) is 0.923. The molecule has 20 heavy (non-hydrogen) atoms. The van der Waals surface area contributed by atoms with Gasteiger partial charge in [0.25, 0.3) is 0 Å². The van der Waals surface area contributed by atoms with Crippen LogP contribution in [0.5, 0.6) is 0 Å². The highest BCUT2D eigenvalue weighted by Gasteiger charge is 2.33. The number of hydrogen-bond donors (Lipinski definition) is 1. The first-order valence-corrected chi connectivity index (χ1v) is 7.48. The minimum Gasteiger partial charge on any atom is -0.378 e. The van der Waals surface area contributed by atoms with Gasteiger partial charge in [-0.3, -0.25) is 0 Å². The summed E-state index contributed by atoms with van der Waals surface area (Å²) >= 11 is 0. The number of rotatable bonds is 4. The number of ether oxygens (including phenoxy) is 1. The molecule has 1 aliphatic rings. The summed E-state index contributed by atoms with van der Waals surface area (Å²) in [5, 5.41) is -0.572. The van der Waals surface area contributed by atoms with Crippen LogP contribution in [0.2, 0.25) is 0 Å². The van der Waals surface area contributed by atoms with E-state index in [0.29, 0.717) is 11.1 Å². The summed E-state index contributed by atoms with van der Waals surface area (Å²) in [6.07, 6.45) is -4.40. The number of hydrogen-bond acceptors (Lipinski definition) is 3. The molecule has 0 amide bonds. The second-order valence-corrected chi connectivity index (χ2v) is 6.71. The summed E-state index contributed by atoms with van der Waals surface area (Å²) in [6, 6.07) is 3.25. The predicted molar refractivity (Wildman–Crippen MR) is 66.5 cm³/mol. The van der Waals surface area contributed by atoms with Crippen LogP contribution in [0.15, 0.2) is 18.2 Å². The molecule has 8 heteroatoms. The Hall–Kier alpha value is -1.12. The monoisotopic (exact) mass is 309 g/mol. The molecule has 0 atom stereocenters. The fourth-order valence-electron chi connectivity index (χ4n) is 1.76. The first-order valence-electron chi connectivity index (χ1n) is 5.93. The van der Waals surface area contributed by atoms with Gasteiger partial charge in [0.1, 0.15) is 5.25 Å². The van der Waals surface area contributed by atoms with E-state index in [9.17, 15) is 21.6 Å². The molecule has 2 rings (SSSR count). The highest BCUT2D eigenvalue weighted by Crippen LogP contribution is 2.30. The van der Waals surface area contributed by atoms with Crippen LogP contribution >= 0.6 is 0 Å². The van der Waals surface area contributed by atoms with Gasteiger partial charge >= 0.3 is 6.18 Å². The number of halogens is 3. The molecule has 1 aromatic rings. The fourth-order valence-corrected chi connectivity index (χ4v) is 2.90. The zero-order chi connectivity index (χ0) is 15.0. The molecular weight excluding hydrogens is 295 g/mol. The number of alkyl halides is 3. The van der Waals surface area contributed by atoms with Crippen LogP contribution in [0.4, 0.5) is 13.2 Å². The van der Waals surface area contributed by atoms with Crippen molar-refractivity contribution in [1.82, 2.24) is 4.72 Å². The third-order valence-corrected chi connectivity index (χ3v) is 4.88. The lowest BCUT2D eigenvalue weighted by molar-refractivity contribution is -0.137. The molecule has 0 aliphatic carbocycles. The molecule has 1 aliphatic heterocycles. The minimum atomic E-state index is -4.40. The summed E-state index contributed by atoms with van der Waals surface area (Å²) < 4.78 is 68.2. The molecule has 0 unspecified atom stereocenters. The average Bonchev–Trinajstić information content (AvgIpc) is 2.22. The topological polar surface area (TPSA) is 55.4 Å². The molecule has 0 radical (unpaired) electrons. The fraction of sp³-hybridized carbons (Fsp3) is 0.500. The lowest BCUT2D eigenvalue weighted by Crippen LogP contribution is -2.46. The Morgan fingerprint density at radius 3 is 2.45 bits per heavy atom. The Morgan fingerprint density at radius 2 is 2.00 bits per heavy atom. The van der Waals surface area contributed by atoms with Crippen LogP contribution in [-0.2, 0) is 27.5 Å². The van der Waals surface area contributed by atoms with E-state index in [2.05, 4.69) is 4.72 Å². The van der Waals surface area contributed by atoms with Gasteiger partial charge in [-0.2, -0.15) is 13.2 Å². The molecule has 0 aromatic heterocycles. The number of aryl methyl sites for hydroxylation is 1. The molecule has 1 aromatic carbocycles. The second kappa shape index (κ2) is 5.34. The van der Waals surface area contributed by atoms with Crippen LogP contribution in [0, 0.1) is 6.92 Å². The van der Waals surface area contributed by atoms with Crippen molar-refractivity contribution < 1.29 is 26.3 Å². The van der Waals surface area contributed by atoms with Crippen LogP contribution in [0.1, 0.15) is 16.7 Å².